The summed E-state index contributed by atoms with van der Waals surface area (Å²) in [5.74, 6) is 6.14. The monoisotopic (exact) mass is 266 g/mol. The van der Waals surface area contributed by atoms with Crippen molar-refractivity contribution in [2.24, 2.45) is 0 Å². The highest BCUT2D eigenvalue weighted by atomic mass is 16.5. The maximum atomic E-state index is 11.1. The first-order valence-corrected chi connectivity index (χ1v) is 6.29. The first-order chi connectivity index (χ1) is 9.78. The molecule has 3 nitrogen and oxygen atoms in total. The van der Waals surface area contributed by atoms with E-state index in [0.29, 0.717) is 6.61 Å². The van der Waals surface area contributed by atoms with Crippen molar-refractivity contribution in [3.63, 3.8) is 0 Å². The van der Waals surface area contributed by atoms with Gasteiger partial charge in [-0.2, -0.15) is 0 Å². The van der Waals surface area contributed by atoms with Gasteiger partial charge >= 0.3 is 5.97 Å². The quantitative estimate of drug-likeness (QED) is 0.631. The Balaban J connectivity index is 2.01. The summed E-state index contributed by atoms with van der Waals surface area (Å²) in [6.45, 7) is 2.08. The van der Waals surface area contributed by atoms with Crippen LogP contribution in [0, 0.1) is 11.8 Å². The molecular formula is C17H14O3. The molecule has 100 valence electrons. The molecule has 0 fully saturated rings. The number of hydrogen-bond donors (Lipinski definition) is 0. The van der Waals surface area contributed by atoms with Crippen LogP contribution in [0.5, 0.6) is 11.5 Å². The maximum Gasteiger partial charge on any atom is 0.384 e. The summed E-state index contributed by atoms with van der Waals surface area (Å²) >= 11 is 0. The van der Waals surface area contributed by atoms with Gasteiger partial charge in [-0.3, -0.25) is 0 Å². The Morgan fingerprint density at radius 1 is 1.00 bits per heavy atom. The summed E-state index contributed by atoms with van der Waals surface area (Å²) in [4.78, 5) is 11.1. The molecule has 0 amide bonds. The lowest BCUT2D eigenvalue weighted by molar-refractivity contribution is -0.136. The van der Waals surface area contributed by atoms with Gasteiger partial charge < -0.3 is 9.47 Å². The van der Waals surface area contributed by atoms with Crippen LogP contribution >= 0.6 is 0 Å². The smallest absolute Gasteiger partial charge is 0.384 e. The molecule has 0 saturated heterocycles. The average molecular weight is 266 g/mol. The Morgan fingerprint density at radius 3 is 2.30 bits per heavy atom. The van der Waals surface area contributed by atoms with Crippen LogP contribution in [0.4, 0.5) is 0 Å². The molecule has 0 N–H and O–H groups in total. The molecule has 2 rings (SSSR count). The zero-order chi connectivity index (χ0) is 14.2. The highest BCUT2D eigenvalue weighted by Gasteiger charge is 1.97. The van der Waals surface area contributed by atoms with Crippen molar-refractivity contribution in [1.82, 2.24) is 0 Å². The third-order valence-electron chi connectivity index (χ3n) is 2.42. The number of carbonyl (C=O) groups excluding carboxylic acids is 1. The number of ether oxygens (including phenoxy) is 2. The number of benzene rings is 2. The van der Waals surface area contributed by atoms with Crippen LogP contribution in [0.2, 0.25) is 0 Å². The van der Waals surface area contributed by atoms with Gasteiger partial charge in [-0.15, -0.1) is 0 Å². The summed E-state index contributed by atoms with van der Waals surface area (Å²) in [7, 11) is 0. The first-order valence-electron chi connectivity index (χ1n) is 6.29. The number of esters is 1. The highest BCUT2D eigenvalue weighted by Crippen LogP contribution is 2.20. The number of rotatable bonds is 3. The maximum absolute atomic E-state index is 11.1. The lowest BCUT2D eigenvalue weighted by Crippen LogP contribution is -1.99. The number of carbonyl (C=O) groups is 1. The van der Waals surface area contributed by atoms with Gasteiger partial charge in [0.15, 0.2) is 0 Å². The van der Waals surface area contributed by atoms with E-state index in [-0.39, 0.29) is 0 Å². The third-order valence-corrected chi connectivity index (χ3v) is 2.42. The molecule has 0 aromatic heterocycles. The topological polar surface area (TPSA) is 35.5 Å². The van der Waals surface area contributed by atoms with Gasteiger partial charge in [0.2, 0.25) is 0 Å². The molecule has 0 bridgehead atoms. The zero-order valence-corrected chi connectivity index (χ0v) is 11.1. The van der Waals surface area contributed by atoms with Crippen LogP contribution in [0.15, 0.2) is 54.6 Å². The van der Waals surface area contributed by atoms with Gasteiger partial charge in [0.05, 0.1) is 6.61 Å². The zero-order valence-electron chi connectivity index (χ0n) is 11.1. The molecule has 0 radical (unpaired) electrons. The van der Waals surface area contributed by atoms with Crippen molar-refractivity contribution in [3.8, 4) is 23.3 Å². The normalized spacial score (nSPS) is 9.25. The van der Waals surface area contributed by atoms with Gasteiger partial charge in [-0.1, -0.05) is 24.1 Å². The van der Waals surface area contributed by atoms with Crippen LogP contribution in [0.3, 0.4) is 0 Å². The van der Waals surface area contributed by atoms with E-state index in [1.54, 1.807) is 19.1 Å². The minimum Gasteiger partial charge on any atom is -0.457 e. The van der Waals surface area contributed by atoms with E-state index >= 15 is 0 Å². The summed E-state index contributed by atoms with van der Waals surface area (Å²) in [6.07, 6.45) is 0. The highest BCUT2D eigenvalue weighted by molar-refractivity contribution is 5.89. The Hall–Kier alpha value is -2.73. The third kappa shape index (κ3) is 4.18. The van der Waals surface area contributed by atoms with Crippen molar-refractivity contribution >= 4 is 5.97 Å². The lowest BCUT2D eigenvalue weighted by Gasteiger charge is -2.04. The molecule has 3 heteroatoms. The van der Waals surface area contributed by atoms with Crippen LogP contribution < -0.4 is 4.74 Å². The molecular weight excluding hydrogens is 252 g/mol. The number of hydrogen-bond acceptors (Lipinski definition) is 3. The fourth-order valence-electron chi connectivity index (χ4n) is 1.52. The molecule has 0 spiro atoms. The molecule has 0 saturated carbocycles. The van der Waals surface area contributed by atoms with E-state index in [9.17, 15) is 4.79 Å². The van der Waals surface area contributed by atoms with Gasteiger partial charge in [0.1, 0.15) is 11.5 Å². The minimum absolute atomic E-state index is 0.331. The van der Waals surface area contributed by atoms with E-state index < -0.39 is 5.97 Å². The summed E-state index contributed by atoms with van der Waals surface area (Å²) in [5, 5.41) is 0. The Morgan fingerprint density at radius 2 is 1.65 bits per heavy atom. The number of para-hydroxylation sites is 1. The fraction of sp³-hybridized carbons (Fsp3) is 0.118. The summed E-state index contributed by atoms with van der Waals surface area (Å²) in [6, 6.07) is 16.7. The molecule has 0 aliphatic heterocycles. The Labute approximate surface area is 118 Å². The Kier molecular flexibility index (Phi) is 4.80. The van der Waals surface area contributed by atoms with E-state index in [2.05, 4.69) is 11.8 Å². The van der Waals surface area contributed by atoms with Crippen LogP contribution in [-0.2, 0) is 9.53 Å². The van der Waals surface area contributed by atoms with Gasteiger partial charge in [-0.25, -0.2) is 4.79 Å². The van der Waals surface area contributed by atoms with E-state index in [4.69, 9.17) is 9.47 Å². The molecule has 0 aliphatic carbocycles. The van der Waals surface area contributed by atoms with Crippen LogP contribution in [0.25, 0.3) is 0 Å². The van der Waals surface area contributed by atoms with Crippen LogP contribution in [0.1, 0.15) is 12.5 Å². The average Bonchev–Trinajstić information content (AvgIpc) is 2.48. The fourth-order valence-corrected chi connectivity index (χ4v) is 1.52. The van der Waals surface area contributed by atoms with Gasteiger partial charge in [0, 0.05) is 11.5 Å². The standard InChI is InChI=1S/C17H14O3/c1-2-19-17(18)13-10-14-8-11-16(12-9-14)20-15-6-4-3-5-7-15/h3-9,11-12H,2H2,1H3. The second-order valence-corrected chi connectivity index (χ2v) is 3.91. The second kappa shape index (κ2) is 7.01. The first kappa shape index (κ1) is 13.7. The van der Waals surface area contributed by atoms with Gasteiger partial charge in [0.25, 0.3) is 0 Å². The van der Waals surface area contributed by atoms with E-state index in [1.165, 1.54) is 0 Å². The van der Waals surface area contributed by atoms with E-state index in [1.807, 2.05) is 42.5 Å². The Bertz CT molecular complexity index is 619. The predicted molar refractivity (Wildman–Crippen MR) is 76.5 cm³/mol. The van der Waals surface area contributed by atoms with Crippen LogP contribution in [-0.4, -0.2) is 12.6 Å². The largest absolute Gasteiger partial charge is 0.457 e. The molecule has 2 aromatic carbocycles. The molecule has 0 unspecified atom stereocenters. The predicted octanol–water partition coefficient (Wildman–Crippen LogP) is 3.39. The SMILES string of the molecule is CCOC(=O)C#Cc1ccc(Oc2ccccc2)cc1. The molecule has 0 heterocycles. The minimum atomic E-state index is -0.517. The van der Waals surface area contributed by atoms with Crippen molar-refractivity contribution in [2.45, 2.75) is 6.92 Å². The summed E-state index contributed by atoms with van der Waals surface area (Å²) in [5.41, 5.74) is 0.735. The molecule has 2 aromatic rings. The van der Waals surface area contributed by atoms with E-state index in [0.717, 1.165) is 17.1 Å². The molecule has 20 heavy (non-hydrogen) atoms. The second-order valence-electron chi connectivity index (χ2n) is 3.91. The molecule has 0 atom stereocenters. The van der Waals surface area contributed by atoms with Gasteiger partial charge in [-0.05, 0) is 43.3 Å². The van der Waals surface area contributed by atoms with Crippen molar-refractivity contribution in [3.05, 3.63) is 60.2 Å². The lowest BCUT2D eigenvalue weighted by atomic mass is 10.2. The van der Waals surface area contributed by atoms with Crippen molar-refractivity contribution < 1.29 is 14.3 Å². The summed E-state index contributed by atoms with van der Waals surface area (Å²) < 4.78 is 10.4. The van der Waals surface area contributed by atoms with Crippen molar-refractivity contribution in [1.29, 1.82) is 0 Å². The molecule has 0 aliphatic rings. The van der Waals surface area contributed by atoms with Crippen molar-refractivity contribution in [2.75, 3.05) is 6.61 Å².